The maximum Gasteiger partial charge on any atom is 0.409 e. The number of piperazine rings is 1. The zero-order valence-electron chi connectivity index (χ0n) is 15.1. The molecule has 0 atom stereocenters. The highest BCUT2D eigenvalue weighted by Crippen LogP contribution is 2.21. The number of rotatable bonds is 4. The molecular weight excluding hydrogens is 318 g/mol. The van der Waals surface area contributed by atoms with E-state index in [1.807, 2.05) is 19.2 Å². The minimum atomic E-state index is -0.230. The summed E-state index contributed by atoms with van der Waals surface area (Å²) in [6.45, 7) is 4.98. The van der Waals surface area contributed by atoms with E-state index in [0.717, 1.165) is 24.9 Å². The lowest BCUT2D eigenvalue weighted by Crippen LogP contribution is -2.49. The fraction of sp³-hybridized carbons (Fsp3) is 0.722. The van der Waals surface area contributed by atoms with Crippen molar-refractivity contribution >= 4 is 17.9 Å². The summed E-state index contributed by atoms with van der Waals surface area (Å²) >= 11 is 0. The lowest BCUT2D eigenvalue weighted by Gasteiger charge is -2.34. The van der Waals surface area contributed by atoms with Crippen LogP contribution in [-0.4, -0.2) is 59.8 Å². The van der Waals surface area contributed by atoms with Crippen molar-refractivity contribution in [3.8, 4) is 0 Å². The maximum atomic E-state index is 11.8. The number of hydrogen-bond donors (Lipinski definition) is 1. The number of aromatic nitrogens is 2. The van der Waals surface area contributed by atoms with Gasteiger partial charge in [-0.25, -0.2) is 9.78 Å². The Morgan fingerprint density at radius 2 is 1.92 bits per heavy atom. The second-order valence-electron chi connectivity index (χ2n) is 6.75. The summed E-state index contributed by atoms with van der Waals surface area (Å²) in [7, 11) is 0. The Hall–Kier alpha value is -2.05. The van der Waals surface area contributed by atoms with Crippen LogP contribution in [0.2, 0.25) is 0 Å². The van der Waals surface area contributed by atoms with Gasteiger partial charge in [0, 0.05) is 38.4 Å². The van der Waals surface area contributed by atoms with Gasteiger partial charge in [0.1, 0.15) is 5.82 Å². The molecule has 7 nitrogen and oxygen atoms in total. The monoisotopic (exact) mass is 347 g/mol. The summed E-state index contributed by atoms with van der Waals surface area (Å²) in [6, 6.07) is 2.47. The Balaban J connectivity index is 1.55. The molecule has 0 unspecified atom stereocenters. The number of carbonyl (C=O) groups excluding carboxylic acids is 1. The van der Waals surface area contributed by atoms with Crippen LogP contribution < -0.4 is 10.2 Å². The third-order valence-corrected chi connectivity index (χ3v) is 4.94. The van der Waals surface area contributed by atoms with E-state index < -0.39 is 0 Å². The Bertz CT molecular complexity index is 552. The predicted octanol–water partition coefficient (Wildman–Crippen LogP) is 2.89. The second kappa shape index (κ2) is 8.87. The normalized spacial score (nSPS) is 19.4. The Labute approximate surface area is 149 Å². The molecule has 138 valence electrons. The summed E-state index contributed by atoms with van der Waals surface area (Å²) in [5.74, 6) is 1.65. The van der Waals surface area contributed by atoms with Gasteiger partial charge in [0.05, 0.1) is 6.61 Å². The van der Waals surface area contributed by atoms with Crippen LogP contribution in [0.3, 0.4) is 0 Å². The molecule has 2 heterocycles. The smallest absolute Gasteiger partial charge is 0.409 e. The van der Waals surface area contributed by atoms with Gasteiger partial charge in [-0.05, 0) is 25.8 Å². The van der Waals surface area contributed by atoms with Gasteiger partial charge < -0.3 is 19.9 Å². The van der Waals surface area contributed by atoms with Crippen LogP contribution in [0.4, 0.5) is 16.6 Å². The van der Waals surface area contributed by atoms with Crippen LogP contribution >= 0.6 is 0 Å². The maximum absolute atomic E-state index is 11.8. The first-order valence-corrected chi connectivity index (χ1v) is 9.52. The van der Waals surface area contributed by atoms with Crippen LogP contribution in [0.5, 0.6) is 0 Å². The zero-order valence-corrected chi connectivity index (χ0v) is 15.1. The van der Waals surface area contributed by atoms with Crippen LogP contribution in [0.1, 0.15) is 45.4 Å². The molecule has 0 radical (unpaired) electrons. The summed E-state index contributed by atoms with van der Waals surface area (Å²) in [5, 5.41) is 3.58. The first kappa shape index (κ1) is 17.8. The van der Waals surface area contributed by atoms with Crippen LogP contribution in [0.25, 0.3) is 0 Å². The largest absolute Gasteiger partial charge is 0.450 e. The molecule has 1 N–H and O–H groups in total. The van der Waals surface area contributed by atoms with E-state index in [-0.39, 0.29) is 6.09 Å². The number of ether oxygens (including phenoxy) is 1. The molecule has 0 aromatic carbocycles. The van der Waals surface area contributed by atoms with Gasteiger partial charge in [-0.2, -0.15) is 4.98 Å². The molecule has 0 bridgehead atoms. The molecule has 1 aromatic heterocycles. The molecule has 1 aliphatic heterocycles. The van der Waals surface area contributed by atoms with Crippen molar-refractivity contribution in [1.29, 1.82) is 0 Å². The average molecular weight is 347 g/mol. The fourth-order valence-electron chi connectivity index (χ4n) is 3.52. The van der Waals surface area contributed by atoms with Gasteiger partial charge in [0.15, 0.2) is 0 Å². The molecule has 1 aliphatic carbocycles. The highest BCUT2D eigenvalue weighted by molar-refractivity contribution is 5.68. The number of amides is 1. The molecule has 25 heavy (non-hydrogen) atoms. The standard InChI is InChI=1S/C18H29N5O2/c1-2-25-18(24)23-13-11-22(12-14-23)17-19-10-9-16(21-17)20-15-7-5-3-4-6-8-15/h9-10,15H,2-8,11-14H2,1H3,(H,19,20,21). The van der Waals surface area contributed by atoms with Gasteiger partial charge in [0.2, 0.25) is 5.95 Å². The Morgan fingerprint density at radius 3 is 2.60 bits per heavy atom. The number of anilines is 2. The van der Waals surface area contributed by atoms with Crippen LogP contribution in [0, 0.1) is 0 Å². The molecular formula is C18H29N5O2. The van der Waals surface area contributed by atoms with E-state index in [2.05, 4.69) is 15.2 Å². The summed E-state index contributed by atoms with van der Waals surface area (Å²) in [6.07, 6.45) is 9.31. The van der Waals surface area contributed by atoms with Crippen LogP contribution in [0.15, 0.2) is 12.3 Å². The number of nitrogens with zero attached hydrogens (tertiary/aromatic N) is 4. The van der Waals surface area contributed by atoms with Gasteiger partial charge in [-0.15, -0.1) is 0 Å². The van der Waals surface area contributed by atoms with E-state index in [0.29, 0.717) is 25.7 Å². The van der Waals surface area contributed by atoms with E-state index in [1.165, 1.54) is 38.5 Å². The predicted molar refractivity (Wildman–Crippen MR) is 98.0 cm³/mol. The molecule has 3 rings (SSSR count). The number of nitrogens with one attached hydrogen (secondary N) is 1. The van der Waals surface area contributed by atoms with E-state index in [1.54, 1.807) is 4.90 Å². The SMILES string of the molecule is CCOC(=O)N1CCN(c2nccc(NC3CCCCCC3)n2)CC1. The molecule has 1 aromatic rings. The summed E-state index contributed by atoms with van der Waals surface area (Å²) < 4.78 is 5.06. The van der Waals surface area contributed by atoms with Crippen molar-refractivity contribution in [2.45, 2.75) is 51.5 Å². The second-order valence-corrected chi connectivity index (χ2v) is 6.75. The number of carbonyl (C=O) groups is 1. The van der Waals surface area contributed by atoms with Crippen molar-refractivity contribution in [2.75, 3.05) is 43.0 Å². The number of hydrogen-bond acceptors (Lipinski definition) is 6. The molecule has 1 amide bonds. The van der Waals surface area contributed by atoms with Crippen LogP contribution in [-0.2, 0) is 4.74 Å². The topological polar surface area (TPSA) is 70.6 Å². The van der Waals surface area contributed by atoms with Crippen molar-refractivity contribution in [3.63, 3.8) is 0 Å². The van der Waals surface area contributed by atoms with E-state index >= 15 is 0 Å². The minimum Gasteiger partial charge on any atom is -0.450 e. The lowest BCUT2D eigenvalue weighted by atomic mass is 10.1. The third-order valence-electron chi connectivity index (χ3n) is 4.94. The zero-order chi connectivity index (χ0) is 17.5. The molecule has 0 spiro atoms. The molecule has 1 saturated carbocycles. The molecule has 1 saturated heterocycles. The first-order chi connectivity index (χ1) is 12.3. The van der Waals surface area contributed by atoms with Gasteiger partial charge in [0.25, 0.3) is 0 Å². The van der Waals surface area contributed by atoms with E-state index in [4.69, 9.17) is 9.72 Å². The quantitative estimate of drug-likeness (QED) is 0.845. The average Bonchev–Trinajstić information content (AvgIpc) is 2.91. The Morgan fingerprint density at radius 1 is 1.20 bits per heavy atom. The van der Waals surface area contributed by atoms with Crippen molar-refractivity contribution in [2.24, 2.45) is 0 Å². The van der Waals surface area contributed by atoms with Gasteiger partial charge in [-0.1, -0.05) is 25.7 Å². The molecule has 7 heteroatoms. The summed E-state index contributed by atoms with van der Waals surface area (Å²) in [4.78, 5) is 24.8. The van der Waals surface area contributed by atoms with Crippen molar-refractivity contribution < 1.29 is 9.53 Å². The van der Waals surface area contributed by atoms with E-state index in [9.17, 15) is 4.79 Å². The first-order valence-electron chi connectivity index (χ1n) is 9.52. The highest BCUT2D eigenvalue weighted by atomic mass is 16.6. The minimum absolute atomic E-state index is 0.230. The van der Waals surface area contributed by atoms with Gasteiger partial charge >= 0.3 is 6.09 Å². The Kier molecular flexibility index (Phi) is 6.30. The lowest BCUT2D eigenvalue weighted by molar-refractivity contribution is 0.105. The molecule has 2 aliphatic rings. The molecule has 2 fully saturated rings. The third kappa shape index (κ3) is 4.96. The van der Waals surface area contributed by atoms with Gasteiger partial charge in [-0.3, -0.25) is 0 Å². The summed E-state index contributed by atoms with van der Waals surface area (Å²) in [5.41, 5.74) is 0. The fourth-order valence-corrected chi connectivity index (χ4v) is 3.52. The van der Waals surface area contributed by atoms with Crippen molar-refractivity contribution in [1.82, 2.24) is 14.9 Å². The highest BCUT2D eigenvalue weighted by Gasteiger charge is 2.23. The van der Waals surface area contributed by atoms with Crippen molar-refractivity contribution in [3.05, 3.63) is 12.3 Å².